The highest BCUT2D eigenvalue weighted by molar-refractivity contribution is 7.97. The minimum atomic E-state index is -4.08. The van der Waals surface area contributed by atoms with Crippen LogP contribution in [0.15, 0.2) is 41.3 Å². The van der Waals surface area contributed by atoms with Crippen molar-refractivity contribution >= 4 is 32.9 Å². The van der Waals surface area contributed by atoms with Gasteiger partial charge in [0.2, 0.25) is 0 Å². The summed E-state index contributed by atoms with van der Waals surface area (Å²) in [5, 5.41) is 2.68. The van der Waals surface area contributed by atoms with Crippen LogP contribution in [0.25, 0.3) is 5.57 Å². The van der Waals surface area contributed by atoms with Crippen LogP contribution in [0, 0.1) is 0 Å². The van der Waals surface area contributed by atoms with Crippen LogP contribution in [0.1, 0.15) is 26.3 Å². The second-order valence-corrected chi connectivity index (χ2v) is 8.56. The van der Waals surface area contributed by atoms with E-state index in [1.54, 1.807) is 50.2 Å². The number of hydrogen-bond donors (Lipinski definition) is 1. The molecule has 0 aromatic heterocycles. The van der Waals surface area contributed by atoms with Crippen molar-refractivity contribution in [2.24, 2.45) is 0 Å². The average molecular weight is 447 g/mol. The molecule has 0 unspecified atom stereocenters. The number of benzene rings is 2. The van der Waals surface area contributed by atoms with Crippen molar-refractivity contribution in [2.75, 3.05) is 37.0 Å². The van der Waals surface area contributed by atoms with Gasteiger partial charge in [-0.3, -0.25) is 9.10 Å². The molecule has 0 bridgehead atoms. The number of allylic oxidation sites excluding steroid dienone is 1. The molecule has 1 heterocycles. The SMILES string of the molecule is CCOc1ccc(NC(=O)C2=C(C)c3cc(OC)c(OC)cc3N(CC)S2(=O)=O)cc1. The summed E-state index contributed by atoms with van der Waals surface area (Å²) in [5.41, 5.74) is 1.83. The number of methoxy groups -OCH3 is 2. The summed E-state index contributed by atoms with van der Waals surface area (Å²) in [4.78, 5) is 12.8. The number of sulfonamides is 1. The van der Waals surface area contributed by atoms with Gasteiger partial charge in [-0.1, -0.05) is 0 Å². The van der Waals surface area contributed by atoms with Crippen molar-refractivity contribution in [3.8, 4) is 17.2 Å². The molecule has 1 aliphatic heterocycles. The lowest BCUT2D eigenvalue weighted by atomic mass is 10.0. The predicted molar refractivity (Wildman–Crippen MR) is 120 cm³/mol. The Labute approximate surface area is 182 Å². The summed E-state index contributed by atoms with van der Waals surface area (Å²) in [7, 11) is -1.10. The quantitative estimate of drug-likeness (QED) is 0.698. The van der Waals surface area contributed by atoms with Gasteiger partial charge in [0.1, 0.15) is 5.75 Å². The van der Waals surface area contributed by atoms with Crippen LogP contribution >= 0.6 is 0 Å². The summed E-state index contributed by atoms with van der Waals surface area (Å²) in [5.74, 6) is 0.807. The van der Waals surface area contributed by atoms with Crippen molar-refractivity contribution in [3.63, 3.8) is 0 Å². The molecule has 0 spiro atoms. The summed E-state index contributed by atoms with van der Waals surface area (Å²) < 4.78 is 44.0. The van der Waals surface area contributed by atoms with E-state index >= 15 is 0 Å². The van der Waals surface area contributed by atoms with Crippen LogP contribution < -0.4 is 23.8 Å². The summed E-state index contributed by atoms with van der Waals surface area (Å²) in [6.07, 6.45) is 0. The number of nitrogens with one attached hydrogen (secondary N) is 1. The monoisotopic (exact) mass is 446 g/mol. The van der Waals surface area contributed by atoms with Gasteiger partial charge in [-0.15, -0.1) is 0 Å². The molecule has 2 aromatic carbocycles. The van der Waals surface area contributed by atoms with Crippen molar-refractivity contribution in [1.29, 1.82) is 0 Å². The molecule has 8 nitrogen and oxygen atoms in total. The lowest BCUT2D eigenvalue weighted by molar-refractivity contribution is -0.112. The Balaban J connectivity index is 2.08. The van der Waals surface area contributed by atoms with Crippen LogP contribution in [0.4, 0.5) is 11.4 Å². The van der Waals surface area contributed by atoms with Crippen molar-refractivity contribution in [3.05, 3.63) is 46.9 Å². The van der Waals surface area contributed by atoms with Crippen LogP contribution in [0.3, 0.4) is 0 Å². The summed E-state index contributed by atoms with van der Waals surface area (Å²) >= 11 is 0. The van der Waals surface area contributed by atoms with E-state index in [0.717, 1.165) is 0 Å². The average Bonchev–Trinajstić information content (AvgIpc) is 2.74. The van der Waals surface area contributed by atoms with Crippen molar-refractivity contribution in [2.45, 2.75) is 20.8 Å². The zero-order valence-corrected chi connectivity index (χ0v) is 19.0. The van der Waals surface area contributed by atoms with Crippen molar-refractivity contribution in [1.82, 2.24) is 0 Å². The summed E-state index contributed by atoms with van der Waals surface area (Å²) in [6, 6.07) is 10.0. The third-order valence-electron chi connectivity index (χ3n) is 4.98. The van der Waals surface area contributed by atoms with E-state index in [1.165, 1.54) is 18.5 Å². The topological polar surface area (TPSA) is 94.2 Å². The van der Waals surface area contributed by atoms with Gasteiger partial charge in [-0.05, 0) is 56.7 Å². The van der Waals surface area contributed by atoms with E-state index < -0.39 is 15.9 Å². The molecular weight excluding hydrogens is 420 g/mol. The molecule has 0 saturated carbocycles. The van der Waals surface area contributed by atoms with Gasteiger partial charge in [-0.25, -0.2) is 8.42 Å². The van der Waals surface area contributed by atoms with Gasteiger partial charge in [0.05, 0.1) is 26.5 Å². The molecule has 0 atom stereocenters. The molecule has 31 heavy (non-hydrogen) atoms. The fraction of sp³-hybridized carbons (Fsp3) is 0.318. The molecule has 0 aliphatic carbocycles. The standard InChI is InChI=1S/C22H26N2O6S/c1-6-24-18-13-20(29-5)19(28-4)12-17(18)14(3)21(31(24,26)27)22(25)23-15-8-10-16(11-9-15)30-7-2/h8-13H,6-7H2,1-5H3,(H,23,25). The number of anilines is 2. The van der Waals surface area contributed by atoms with Crippen molar-refractivity contribution < 1.29 is 27.4 Å². The second kappa shape index (κ2) is 8.89. The lowest BCUT2D eigenvalue weighted by Crippen LogP contribution is -2.39. The van der Waals surface area contributed by atoms with Crippen LogP contribution in [-0.4, -0.2) is 41.7 Å². The highest BCUT2D eigenvalue weighted by Gasteiger charge is 2.39. The van der Waals surface area contributed by atoms with Crippen LogP contribution in [0.5, 0.6) is 17.2 Å². The zero-order valence-electron chi connectivity index (χ0n) is 18.2. The number of carbonyl (C=O) groups excluding carboxylic acids is 1. The molecule has 1 amide bonds. The third kappa shape index (κ3) is 4.05. The molecule has 0 fully saturated rings. The van der Waals surface area contributed by atoms with Gasteiger partial charge >= 0.3 is 0 Å². The zero-order chi connectivity index (χ0) is 22.8. The van der Waals surface area contributed by atoms with Crippen LogP contribution in [0.2, 0.25) is 0 Å². The Hall–Kier alpha value is -3.20. The number of nitrogens with zero attached hydrogens (tertiary/aromatic N) is 1. The number of amides is 1. The number of carbonyl (C=O) groups is 1. The molecule has 2 aromatic rings. The number of hydrogen-bond acceptors (Lipinski definition) is 6. The van der Waals surface area contributed by atoms with E-state index in [1.807, 2.05) is 6.92 Å². The molecule has 166 valence electrons. The predicted octanol–water partition coefficient (Wildman–Crippen LogP) is 3.64. The fourth-order valence-corrected chi connectivity index (χ4v) is 5.30. The highest BCUT2D eigenvalue weighted by Crippen LogP contribution is 2.44. The minimum Gasteiger partial charge on any atom is -0.494 e. The van der Waals surface area contributed by atoms with E-state index in [2.05, 4.69) is 5.32 Å². The highest BCUT2D eigenvalue weighted by atomic mass is 32.2. The Morgan fingerprint density at radius 1 is 1.03 bits per heavy atom. The summed E-state index contributed by atoms with van der Waals surface area (Å²) in [6.45, 7) is 5.87. The maximum Gasteiger partial charge on any atom is 0.270 e. The first-order valence-corrected chi connectivity index (χ1v) is 11.3. The van der Waals surface area contributed by atoms with E-state index in [-0.39, 0.29) is 11.4 Å². The molecule has 3 rings (SSSR count). The second-order valence-electron chi connectivity index (χ2n) is 6.76. The maximum atomic E-state index is 13.4. The maximum absolute atomic E-state index is 13.4. The Morgan fingerprint density at radius 3 is 2.19 bits per heavy atom. The Bertz CT molecular complexity index is 1120. The first kappa shape index (κ1) is 22.5. The first-order chi connectivity index (χ1) is 14.8. The normalized spacial score (nSPS) is 14.7. The van der Waals surface area contributed by atoms with E-state index in [0.29, 0.717) is 46.4 Å². The van der Waals surface area contributed by atoms with E-state index in [9.17, 15) is 13.2 Å². The molecule has 0 saturated heterocycles. The molecule has 0 radical (unpaired) electrons. The molecule has 9 heteroatoms. The number of rotatable bonds is 7. The molecular formula is C22H26N2O6S. The van der Waals surface area contributed by atoms with Gasteiger partial charge in [-0.2, -0.15) is 0 Å². The lowest BCUT2D eigenvalue weighted by Gasteiger charge is -2.32. The van der Waals surface area contributed by atoms with Gasteiger partial charge in [0, 0.05) is 23.9 Å². The third-order valence-corrected chi connectivity index (χ3v) is 7.02. The van der Waals surface area contributed by atoms with Crippen LogP contribution in [-0.2, 0) is 14.8 Å². The van der Waals surface area contributed by atoms with Gasteiger partial charge in [0.15, 0.2) is 16.4 Å². The fourth-order valence-electron chi connectivity index (χ4n) is 3.55. The first-order valence-electron chi connectivity index (χ1n) is 9.82. The number of fused-ring (bicyclic) bond motifs is 1. The Kier molecular flexibility index (Phi) is 6.45. The largest absolute Gasteiger partial charge is 0.494 e. The molecule has 1 N–H and O–H groups in total. The smallest absolute Gasteiger partial charge is 0.270 e. The Morgan fingerprint density at radius 2 is 1.65 bits per heavy atom. The number of ether oxygens (including phenoxy) is 3. The van der Waals surface area contributed by atoms with E-state index in [4.69, 9.17) is 14.2 Å². The van der Waals surface area contributed by atoms with Gasteiger partial charge < -0.3 is 19.5 Å². The van der Waals surface area contributed by atoms with Gasteiger partial charge in [0.25, 0.3) is 15.9 Å². The molecule has 1 aliphatic rings. The minimum absolute atomic E-state index is 0.151.